The normalized spacial score (nSPS) is 15.4. The number of aryl methyl sites for hydroxylation is 2. The van der Waals surface area contributed by atoms with Crippen LogP contribution in [0.4, 0.5) is 0 Å². The molecule has 1 N–H and O–H groups in total. The van der Waals surface area contributed by atoms with Gasteiger partial charge in [-0.15, -0.1) is 0 Å². The lowest BCUT2D eigenvalue weighted by Crippen LogP contribution is -2.41. The van der Waals surface area contributed by atoms with Gasteiger partial charge in [0.05, 0.1) is 5.60 Å². The summed E-state index contributed by atoms with van der Waals surface area (Å²) in [6.07, 6.45) is 0.633. The van der Waals surface area contributed by atoms with Gasteiger partial charge < -0.3 is 10.0 Å². The number of hydrogen-bond donors (Lipinski definition) is 1. The first-order valence-electron chi connectivity index (χ1n) is 8.31. The van der Waals surface area contributed by atoms with Gasteiger partial charge in [0.2, 0.25) is 0 Å². The van der Waals surface area contributed by atoms with Crippen LogP contribution in [0.5, 0.6) is 0 Å². The second-order valence-electron chi connectivity index (χ2n) is 7.13. The van der Waals surface area contributed by atoms with Crippen LogP contribution in [0, 0.1) is 19.8 Å². The summed E-state index contributed by atoms with van der Waals surface area (Å²) in [4.78, 5) is 2.14. The Hall–Kier alpha value is -1.64. The van der Waals surface area contributed by atoms with Crippen LogP contribution >= 0.6 is 0 Å². The van der Waals surface area contributed by atoms with Crippen molar-refractivity contribution >= 4 is 0 Å². The maximum Gasteiger partial charge on any atom is 0.0974 e. The summed E-state index contributed by atoms with van der Waals surface area (Å²) in [6.45, 7) is 7.20. The molecular weight excluding hydrogens is 282 g/mol. The third-order valence-corrected chi connectivity index (χ3v) is 4.48. The first-order valence-corrected chi connectivity index (χ1v) is 8.31. The van der Waals surface area contributed by atoms with Crippen LogP contribution < -0.4 is 0 Å². The molecule has 2 heteroatoms. The zero-order valence-electron chi connectivity index (χ0n) is 15.0. The van der Waals surface area contributed by atoms with Crippen molar-refractivity contribution in [3.05, 3.63) is 70.8 Å². The molecule has 2 rings (SSSR count). The molecule has 0 fully saturated rings. The van der Waals surface area contributed by atoms with Gasteiger partial charge in [-0.1, -0.05) is 66.6 Å². The minimum atomic E-state index is -0.869. The van der Waals surface area contributed by atoms with E-state index >= 15 is 0 Å². The van der Waals surface area contributed by atoms with E-state index in [1.807, 2.05) is 30.3 Å². The lowest BCUT2D eigenvalue weighted by atomic mass is 9.77. The largest absolute Gasteiger partial charge is 0.384 e. The van der Waals surface area contributed by atoms with Crippen molar-refractivity contribution in [1.29, 1.82) is 0 Å². The molecule has 0 radical (unpaired) electrons. The third kappa shape index (κ3) is 4.43. The van der Waals surface area contributed by atoms with Crippen LogP contribution in [0.2, 0.25) is 0 Å². The van der Waals surface area contributed by atoms with E-state index in [2.05, 4.69) is 58.0 Å². The number of benzene rings is 2. The average Bonchev–Trinajstić information content (AvgIpc) is 2.46. The number of hydrogen-bond acceptors (Lipinski definition) is 2. The van der Waals surface area contributed by atoms with E-state index in [-0.39, 0.29) is 5.92 Å². The van der Waals surface area contributed by atoms with Gasteiger partial charge in [-0.3, -0.25) is 0 Å². The first-order chi connectivity index (χ1) is 10.8. The fourth-order valence-electron chi connectivity index (χ4n) is 3.47. The molecule has 2 atom stereocenters. The van der Waals surface area contributed by atoms with Crippen molar-refractivity contribution in [3.63, 3.8) is 0 Å². The van der Waals surface area contributed by atoms with Crippen molar-refractivity contribution in [1.82, 2.24) is 4.90 Å². The SMILES string of the molecule is Cc1cc(C)cc(C[C@](O)(c2ccccc2)[C@@H](C)CN(C)C)c1. The van der Waals surface area contributed by atoms with Crippen LogP contribution in [0.3, 0.4) is 0 Å². The van der Waals surface area contributed by atoms with E-state index in [1.165, 1.54) is 16.7 Å². The molecule has 0 aliphatic heterocycles. The van der Waals surface area contributed by atoms with Crippen LogP contribution in [0.25, 0.3) is 0 Å². The fourth-order valence-corrected chi connectivity index (χ4v) is 3.47. The highest BCUT2D eigenvalue weighted by Crippen LogP contribution is 2.34. The Balaban J connectivity index is 2.41. The summed E-state index contributed by atoms with van der Waals surface area (Å²) in [5.74, 6) is 0.126. The standard InChI is InChI=1S/C21H29NO/c1-16-11-17(2)13-19(12-16)14-21(23,18(3)15-22(4)5)20-9-7-6-8-10-20/h6-13,18,23H,14-15H2,1-5H3/t18-,21+/m0/s1. The van der Waals surface area contributed by atoms with Gasteiger partial charge in [0.15, 0.2) is 0 Å². The number of nitrogens with zero attached hydrogens (tertiary/aromatic N) is 1. The molecule has 0 saturated carbocycles. The van der Waals surface area contributed by atoms with Gasteiger partial charge >= 0.3 is 0 Å². The molecule has 0 bridgehead atoms. The summed E-state index contributed by atoms with van der Waals surface area (Å²) in [5, 5.41) is 11.6. The monoisotopic (exact) mass is 311 g/mol. The zero-order chi connectivity index (χ0) is 17.0. The van der Waals surface area contributed by atoms with E-state index in [0.717, 1.165) is 12.1 Å². The van der Waals surface area contributed by atoms with Gasteiger partial charge in [0.1, 0.15) is 0 Å². The second-order valence-corrected chi connectivity index (χ2v) is 7.13. The quantitative estimate of drug-likeness (QED) is 0.873. The van der Waals surface area contributed by atoms with E-state index in [0.29, 0.717) is 6.42 Å². The molecule has 0 unspecified atom stereocenters. The van der Waals surface area contributed by atoms with E-state index < -0.39 is 5.60 Å². The molecular formula is C21H29NO. The molecule has 2 nitrogen and oxygen atoms in total. The predicted molar refractivity (Wildman–Crippen MR) is 97.7 cm³/mol. The third-order valence-electron chi connectivity index (χ3n) is 4.48. The zero-order valence-corrected chi connectivity index (χ0v) is 15.0. The van der Waals surface area contributed by atoms with Crippen LogP contribution in [-0.4, -0.2) is 30.6 Å². The highest BCUT2D eigenvalue weighted by atomic mass is 16.3. The smallest absolute Gasteiger partial charge is 0.0974 e. The van der Waals surface area contributed by atoms with Gasteiger partial charge in [0, 0.05) is 18.9 Å². The summed E-state index contributed by atoms with van der Waals surface area (Å²) in [6, 6.07) is 16.6. The summed E-state index contributed by atoms with van der Waals surface area (Å²) < 4.78 is 0. The molecule has 0 saturated heterocycles. The Kier molecular flexibility index (Phi) is 5.61. The van der Waals surface area contributed by atoms with Crippen molar-refractivity contribution in [2.24, 2.45) is 5.92 Å². The van der Waals surface area contributed by atoms with Gasteiger partial charge in [-0.2, -0.15) is 0 Å². The number of rotatable bonds is 6. The maximum absolute atomic E-state index is 11.6. The maximum atomic E-state index is 11.6. The van der Waals surface area contributed by atoms with Gasteiger partial charge in [-0.25, -0.2) is 0 Å². The summed E-state index contributed by atoms with van der Waals surface area (Å²) in [7, 11) is 4.11. The molecule has 0 aliphatic rings. The van der Waals surface area contributed by atoms with Crippen molar-refractivity contribution in [3.8, 4) is 0 Å². The molecule has 0 heterocycles. The van der Waals surface area contributed by atoms with Gasteiger partial charge in [0.25, 0.3) is 0 Å². The van der Waals surface area contributed by atoms with Gasteiger partial charge in [-0.05, 0) is 39.1 Å². The van der Waals surface area contributed by atoms with Crippen LogP contribution in [0.15, 0.2) is 48.5 Å². The fraction of sp³-hybridized carbons (Fsp3) is 0.429. The highest BCUT2D eigenvalue weighted by Gasteiger charge is 2.36. The Morgan fingerprint density at radius 3 is 2.09 bits per heavy atom. The summed E-state index contributed by atoms with van der Waals surface area (Å²) >= 11 is 0. The Bertz CT molecular complexity index is 615. The lowest BCUT2D eigenvalue weighted by Gasteiger charge is -2.36. The lowest BCUT2D eigenvalue weighted by molar-refractivity contribution is -0.0255. The Morgan fingerprint density at radius 2 is 1.57 bits per heavy atom. The molecule has 0 amide bonds. The van der Waals surface area contributed by atoms with Crippen LogP contribution in [-0.2, 0) is 12.0 Å². The summed E-state index contributed by atoms with van der Waals surface area (Å²) in [5.41, 5.74) is 3.81. The van der Waals surface area contributed by atoms with E-state index in [9.17, 15) is 5.11 Å². The van der Waals surface area contributed by atoms with Crippen LogP contribution in [0.1, 0.15) is 29.2 Å². The topological polar surface area (TPSA) is 23.5 Å². The van der Waals surface area contributed by atoms with Crippen molar-refractivity contribution in [2.45, 2.75) is 32.8 Å². The average molecular weight is 311 g/mol. The molecule has 23 heavy (non-hydrogen) atoms. The Morgan fingerprint density at radius 1 is 1.00 bits per heavy atom. The van der Waals surface area contributed by atoms with Crippen molar-refractivity contribution < 1.29 is 5.11 Å². The minimum Gasteiger partial charge on any atom is -0.384 e. The predicted octanol–water partition coefficient (Wildman–Crippen LogP) is 3.93. The highest BCUT2D eigenvalue weighted by molar-refractivity contribution is 5.32. The molecule has 0 aliphatic carbocycles. The molecule has 0 aromatic heterocycles. The molecule has 2 aromatic rings. The number of aliphatic hydroxyl groups is 1. The minimum absolute atomic E-state index is 0.126. The molecule has 0 spiro atoms. The molecule has 124 valence electrons. The first kappa shape index (κ1) is 17.7. The van der Waals surface area contributed by atoms with E-state index in [4.69, 9.17) is 0 Å². The van der Waals surface area contributed by atoms with E-state index in [1.54, 1.807) is 0 Å². The molecule has 2 aromatic carbocycles. The second kappa shape index (κ2) is 7.29. The van der Waals surface area contributed by atoms with Crippen molar-refractivity contribution in [2.75, 3.05) is 20.6 Å². The Labute approximate surface area is 140 Å².